The molecule has 47 heavy (non-hydrogen) atoms. The van der Waals surface area contributed by atoms with Crippen LogP contribution in [0.1, 0.15) is 32.6 Å². The molecular formula is C39H35FN2O4S. The lowest BCUT2D eigenvalue weighted by Gasteiger charge is -2.39. The van der Waals surface area contributed by atoms with Crippen LogP contribution in [0.15, 0.2) is 146 Å². The standard InChI is InChI=1S/C39H35FN2O4S/c40-34-24-14-13-23-32(34)38(42-37(47)41-36(44)28-15-5-1-6-16-28)27-45-35(33(38)25-43)26-46-39(29-17-7-2-8-18-29,30-19-9-3-10-20-30)31-21-11-4-12-22-31/h1-24,33,35,43H,25-27H2,(H2,41,42,44,47). The van der Waals surface area contributed by atoms with E-state index in [1.807, 2.05) is 97.1 Å². The van der Waals surface area contributed by atoms with Crippen LogP contribution >= 0.6 is 12.2 Å². The number of amides is 1. The molecule has 0 aromatic heterocycles. The lowest BCUT2D eigenvalue weighted by Crippen LogP contribution is -2.57. The fraction of sp³-hybridized carbons (Fsp3) is 0.179. The first kappa shape index (κ1) is 32.2. The SMILES string of the molecule is O=C(NC(=S)NC1(c2ccccc2F)COC(COC(c2ccccc2)(c2ccccc2)c2ccccc2)C1CO)c1ccccc1. The average Bonchev–Trinajstić information content (AvgIpc) is 3.47. The number of benzene rings is 5. The van der Waals surface area contributed by atoms with E-state index in [2.05, 4.69) is 10.6 Å². The molecule has 3 unspecified atom stereocenters. The minimum absolute atomic E-state index is 0.0158. The van der Waals surface area contributed by atoms with Gasteiger partial charge in [0.1, 0.15) is 11.4 Å². The Balaban J connectivity index is 1.36. The predicted octanol–water partition coefficient (Wildman–Crippen LogP) is 6.34. The van der Waals surface area contributed by atoms with E-state index in [-0.39, 0.29) is 30.5 Å². The van der Waals surface area contributed by atoms with Gasteiger partial charge in [0.2, 0.25) is 0 Å². The van der Waals surface area contributed by atoms with Crippen molar-refractivity contribution >= 4 is 23.2 Å². The molecule has 0 saturated carbocycles. The second kappa shape index (κ2) is 14.4. The van der Waals surface area contributed by atoms with Gasteiger partial charge in [-0.3, -0.25) is 10.1 Å². The van der Waals surface area contributed by atoms with Crippen LogP contribution in [0.5, 0.6) is 0 Å². The van der Waals surface area contributed by atoms with E-state index in [0.29, 0.717) is 5.56 Å². The van der Waals surface area contributed by atoms with Gasteiger partial charge in [0.25, 0.3) is 5.91 Å². The summed E-state index contributed by atoms with van der Waals surface area (Å²) in [6.07, 6.45) is -0.685. The Morgan fingerprint density at radius 3 is 1.81 bits per heavy atom. The number of carbonyl (C=O) groups excluding carboxylic acids is 1. The molecule has 1 fully saturated rings. The molecule has 6 rings (SSSR count). The summed E-state index contributed by atoms with van der Waals surface area (Å²) in [4.78, 5) is 13.0. The third-order valence-electron chi connectivity index (χ3n) is 8.76. The van der Waals surface area contributed by atoms with Gasteiger partial charge in [-0.15, -0.1) is 0 Å². The summed E-state index contributed by atoms with van der Waals surface area (Å²) in [5.74, 6) is -1.62. The number of rotatable bonds is 10. The molecule has 0 spiro atoms. The highest BCUT2D eigenvalue weighted by Gasteiger charge is 2.53. The van der Waals surface area contributed by atoms with Crippen molar-refractivity contribution in [3.05, 3.63) is 179 Å². The van der Waals surface area contributed by atoms with E-state index in [9.17, 15) is 9.90 Å². The Kier molecular flexibility index (Phi) is 9.84. The van der Waals surface area contributed by atoms with Gasteiger partial charge >= 0.3 is 0 Å². The van der Waals surface area contributed by atoms with E-state index < -0.39 is 34.9 Å². The molecule has 1 aliphatic rings. The van der Waals surface area contributed by atoms with E-state index in [1.54, 1.807) is 42.5 Å². The molecule has 0 bridgehead atoms. The molecular weight excluding hydrogens is 612 g/mol. The minimum atomic E-state index is -1.32. The molecule has 1 saturated heterocycles. The smallest absolute Gasteiger partial charge is 0.257 e. The number of thiocarbonyl (C=S) groups is 1. The van der Waals surface area contributed by atoms with Gasteiger partial charge in [-0.25, -0.2) is 4.39 Å². The zero-order chi connectivity index (χ0) is 32.7. The lowest BCUT2D eigenvalue weighted by molar-refractivity contribution is -0.0603. The van der Waals surface area contributed by atoms with Crippen molar-refractivity contribution in [2.75, 3.05) is 19.8 Å². The summed E-state index contributed by atoms with van der Waals surface area (Å²) < 4.78 is 29.0. The lowest BCUT2D eigenvalue weighted by atomic mass is 9.77. The topological polar surface area (TPSA) is 79.8 Å². The summed E-state index contributed by atoms with van der Waals surface area (Å²) in [5, 5.41) is 16.8. The number of ether oxygens (including phenoxy) is 2. The Bertz CT molecular complexity index is 1700. The quantitative estimate of drug-likeness (QED) is 0.121. The molecule has 1 amide bonds. The van der Waals surface area contributed by atoms with E-state index >= 15 is 4.39 Å². The summed E-state index contributed by atoms with van der Waals surface area (Å²) in [7, 11) is 0. The number of hydrogen-bond donors (Lipinski definition) is 3. The maximum atomic E-state index is 15.6. The number of aliphatic hydroxyl groups is 1. The zero-order valence-corrected chi connectivity index (χ0v) is 26.4. The number of hydrogen-bond acceptors (Lipinski definition) is 5. The number of halogens is 1. The first-order valence-corrected chi connectivity index (χ1v) is 15.9. The van der Waals surface area contributed by atoms with E-state index in [0.717, 1.165) is 16.7 Å². The Labute approximate surface area is 279 Å². The average molecular weight is 647 g/mol. The van der Waals surface area contributed by atoms with Crippen LogP contribution in [0.25, 0.3) is 0 Å². The molecule has 1 heterocycles. The van der Waals surface area contributed by atoms with Crippen LogP contribution in [0, 0.1) is 11.7 Å². The molecule has 5 aromatic rings. The molecule has 0 aliphatic carbocycles. The van der Waals surface area contributed by atoms with Crippen LogP contribution in [0.3, 0.4) is 0 Å². The van der Waals surface area contributed by atoms with Crippen LogP contribution in [-0.2, 0) is 20.6 Å². The summed E-state index contributed by atoms with van der Waals surface area (Å²) in [5.41, 5.74) is 1.09. The first-order valence-electron chi connectivity index (χ1n) is 15.4. The van der Waals surface area contributed by atoms with Gasteiger partial charge in [0, 0.05) is 17.0 Å². The zero-order valence-electron chi connectivity index (χ0n) is 25.6. The third-order valence-corrected chi connectivity index (χ3v) is 8.97. The number of nitrogens with one attached hydrogen (secondary N) is 2. The van der Waals surface area contributed by atoms with E-state index in [1.165, 1.54) is 6.07 Å². The van der Waals surface area contributed by atoms with Gasteiger partial charge in [0.15, 0.2) is 5.11 Å². The highest BCUT2D eigenvalue weighted by atomic mass is 32.1. The first-order chi connectivity index (χ1) is 23.0. The van der Waals surface area contributed by atoms with Crippen molar-refractivity contribution in [3.8, 4) is 0 Å². The van der Waals surface area contributed by atoms with Gasteiger partial charge in [-0.05, 0) is 47.1 Å². The van der Waals surface area contributed by atoms with Crippen molar-refractivity contribution in [1.82, 2.24) is 10.6 Å². The number of carbonyl (C=O) groups is 1. The molecule has 238 valence electrons. The molecule has 3 atom stereocenters. The van der Waals surface area contributed by atoms with Gasteiger partial charge < -0.3 is 19.9 Å². The second-order valence-corrected chi connectivity index (χ2v) is 11.9. The van der Waals surface area contributed by atoms with Crippen molar-refractivity contribution in [2.24, 2.45) is 5.92 Å². The monoisotopic (exact) mass is 646 g/mol. The van der Waals surface area contributed by atoms with Gasteiger partial charge in [-0.2, -0.15) is 0 Å². The summed E-state index contributed by atoms with van der Waals surface area (Å²) >= 11 is 5.60. The highest BCUT2D eigenvalue weighted by molar-refractivity contribution is 7.80. The predicted molar refractivity (Wildman–Crippen MR) is 183 cm³/mol. The van der Waals surface area contributed by atoms with Crippen LogP contribution < -0.4 is 10.6 Å². The fourth-order valence-electron chi connectivity index (χ4n) is 6.49. The molecule has 5 aromatic carbocycles. The van der Waals surface area contributed by atoms with E-state index in [4.69, 9.17) is 21.7 Å². The van der Waals surface area contributed by atoms with Crippen molar-refractivity contribution in [3.63, 3.8) is 0 Å². The molecule has 0 radical (unpaired) electrons. The van der Waals surface area contributed by atoms with Crippen LogP contribution in [0.4, 0.5) is 4.39 Å². The van der Waals surface area contributed by atoms with Crippen molar-refractivity contribution in [1.29, 1.82) is 0 Å². The van der Waals surface area contributed by atoms with Crippen molar-refractivity contribution < 1.29 is 23.8 Å². The molecule has 3 N–H and O–H groups in total. The maximum absolute atomic E-state index is 15.6. The normalized spacial score (nSPS) is 19.2. The fourth-order valence-corrected chi connectivity index (χ4v) is 6.76. The Morgan fingerprint density at radius 2 is 1.30 bits per heavy atom. The Hall–Kier alpha value is -4.73. The highest BCUT2D eigenvalue weighted by Crippen LogP contribution is 2.44. The molecule has 8 heteroatoms. The largest absolute Gasteiger partial charge is 0.396 e. The second-order valence-electron chi connectivity index (χ2n) is 11.5. The third kappa shape index (κ3) is 6.46. The maximum Gasteiger partial charge on any atom is 0.257 e. The summed E-state index contributed by atoms with van der Waals surface area (Å²) in [6.45, 7) is -0.367. The van der Waals surface area contributed by atoms with Crippen LogP contribution in [0.2, 0.25) is 0 Å². The molecule has 1 aliphatic heterocycles. The van der Waals surface area contributed by atoms with Crippen molar-refractivity contribution in [2.45, 2.75) is 17.2 Å². The molecule has 6 nitrogen and oxygen atoms in total. The van der Waals surface area contributed by atoms with Gasteiger partial charge in [0.05, 0.1) is 31.5 Å². The number of aliphatic hydroxyl groups excluding tert-OH is 1. The van der Waals surface area contributed by atoms with Crippen LogP contribution in [-0.4, -0.2) is 42.1 Å². The summed E-state index contributed by atoms with van der Waals surface area (Å²) in [6, 6.07) is 44.8. The van der Waals surface area contributed by atoms with Gasteiger partial charge in [-0.1, -0.05) is 127 Å². The Morgan fingerprint density at radius 1 is 0.809 bits per heavy atom. The minimum Gasteiger partial charge on any atom is -0.396 e.